The molecule has 3 nitrogen and oxygen atoms in total. The van der Waals surface area contributed by atoms with Crippen molar-refractivity contribution in [1.82, 2.24) is 9.47 Å². The van der Waals surface area contributed by atoms with Gasteiger partial charge in [0.2, 0.25) is 5.91 Å². The number of hydrogen-bond acceptors (Lipinski definition) is 1. The number of amides is 1. The van der Waals surface area contributed by atoms with Gasteiger partial charge in [-0.3, -0.25) is 4.79 Å². The van der Waals surface area contributed by atoms with Crippen LogP contribution in [0.4, 0.5) is 0 Å². The van der Waals surface area contributed by atoms with Gasteiger partial charge in [-0.25, -0.2) is 0 Å². The minimum atomic E-state index is 0.143. The summed E-state index contributed by atoms with van der Waals surface area (Å²) in [5.41, 5.74) is 5.14. The Bertz CT molecular complexity index is 975. The van der Waals surface area contributed by atoms with Gasteiger partial charge in [0.05, 0.1) is 6.54 Å². The van der Waals surface area contributed by atoms with Crippen LogP contribution in [0.5, 0.6) is 0 Å². The molecule has 156 valence electrons. The highest BCUT2D eigenvalue weighted by atomic mass is 16.2. The predicted molar refractivity (Wildman–Crippen MR) is 122 cm³/mol. The monoisotopic (exact) mass is 400 g/mol. The number of carbonyl (C=O) groups is 1. The lowest BCUT2D eigenvalue weighted by Gasteiger charge is -2.24. The van der Waals surface area contributed by atoms with E-state index in [0.717, 1.165) is 32.4 Å². The summed E-state index contributed by atoms with van der Waals surface area (Å²) in [5.74, 6) is 0.853. The number of carbonyl (C=O) groups excluding carboxylic acids is 1. The van der Waals surface area contributed by atoms with E-state index < -0.39 is 0 Å². The molecule has 1 saturated carbocycles. The zero-order valence-electron chi connectivity index (χ0n) is 18.1. The molecular weight excluding hydrogens is 368 g/mol. The van der Waals surface area contributed by atoms with E-state index in [1.807, 2.05) is 6.07 Å². The standard InChI is InChI=1S/C27H32N2O/c1-3-4-16-29(27(30)26-18-25(26)22-12-6-5-7-13-22)20-24-15-10-17-28(24)19-23-14-9-8-11-21(23)2/h5-15,17,25-26H,3-4,16,18-20H2,1-2H3. The van der Waals surface area contributed by atoms with Crippen molar-refractivity contribution in [3.05, 3.63) is 95.3 Å². The number of unbranched alkanes of at least 4 members (excludes halogenated alkanes) is 1. The molecule has 0 spiro atoms. The van der Waals surface area contributed by atoms with Crippen molar-refractivity contribution in [2.75, 3.05) is 6.54 Å². The molecule has 0 aliphatic heterocycles. The van der Waals surface area contributed by atoms with Crippen molar-refractivity contribution in [3.63, 3.8) is 0 Å². The molecule has 1 fully saturated rings. The van der Waals surface area contributed by atoms with Crippen LogP contribution < -0.4 is 0 Å². The SMILES string of the molecule is CCCCN(Cc1cccn1Cc1ccccc1C)C(=O)C1CC1c1ccccc1. The van der Waals surface area contributed by atoms with E-state index in [9.17, 15) is 4.79 Å². The molecule has 0 bridgehead atoms. The summed E-state index contributed by atoms with van der Waals surface area (Å²) in [7, 11) is 0. The zero-order chi connectivity index (χ0) is 20.9. The lowest BCUT2D eigenvalue weighted by atomic mass is 10.1. The Morgan fingerprint density at radius 2 is 1.80 bits per heavy atom. The maximum Gasteiger partial charge on any atom is 0.226 e. The Morgan fingerprint density at radius 1 is 1.03 bits per heavy atom. The van der Waals surface area contributed by atoms with Crippen molar-refractivity contribution in [2.45, 2.75) is 52.1 Å². The van der Waals surface area contributed by atoms with Gasteiger partial charge in [-0.2, -0.15) is 0 Å². The number of hydrogen-bond donors (Lipinski definition) is 0. The fraction of sp³-hybridized carbons (Fsp3) is 0.370. The third-order valence-electron chi connectivity index (χ3n) is 6.31. The fourth-order valence-electron chi connectivity index (χ4n) is 4.30. The largest absolute Gasteiger partial charge is 0.345 e. The van der Waals surface area contributed by atoms with Gasteiger partial charge in [0.25, 0.3) is 0 Å². The van der Waals surface area contributed by atoms with Crippen LogP contribution in [0.2, 0.25) is 0 Å². The Kier molecular flexibility index (Phi) is 6.37. The second-order valence-corrected chi connectivity index (χ2v) is 8.53. The minimum absolute atomic E-state index is 0.143. The summed E-state index contributed by atoms with van der Waals surface area (Å²) in [4.78, 5) is 15.5. The molecule has 2 unspecified atom stereocenters. The molecule has 0 radical (unpaired) electrons. The summed E-state index contributed by atoms with van der Waals surface area (Å²) in [6.45, 7) is 6.72. The molecule has 30 heavy (non-hydrogen) atoms. The maximum atomic E-state index is 13.4. The first kappa shape index (κ1) is 20.5. The molecule has 1 amide bonds. The van der Waals surface area contributed by atoms with Gasteiger partial charge in [0.1, 0.15) is 0 Å². The highest BCUT2D eigenvalue weighted by Crippen LogP contribution is 2.48. The predicted octanol–water partition coefficient (Wildman–Crippen LogP) is 5.78. The molecule has 2 aromatic carbocycles. The first-order valence-electron chi connectivity index (χ1n) is 11.2. The normalized spacial score (nSPS) is 17.7. The van der Waals surface area contributed by atoms with Crippen LogP contribution >= 0.6 is 0 Å². The van der Waals surface area contributed by atoms with Crippen LogP contribution in [0, 0.1) is 12.8 Å². The summed E-state index contributed by atoms with van der Waals surface area (Å²) >= 11 is 0. The Labute approximate surface area is 180 Å². The first-order valence-corrected chi connectivity index (χ1v) is 11.2. The highest BCUT2D eigenvalue weighted by molar-refractivity contribution is 5.83. The van der Waals surface area contributed by atoms with E-state index in [2.05, 4.69) is 90.2 Å². The van der Waals surface area contributed by atoms with Crippen molar-refractivity contribution < 1.29 is 4.79 Å². The van der Waals surface area contributed by atoms with Crippen molar-refractivity contribution in [2.24, 2.45) is 5.92 Å². The number of aromatic nitrogens is 1. The van der Waals surface area contributed by atoms with E-state index in [-0.39, 0.29) is 5.92 Å². The van der Waals surface area contributed by atoms with Crippen LogP contribution in [-0.4, -0.2) is 21.9 Å². The van der Waals surface area contributed by atoms with Crippen LogP contribution in [0.1, 0.15) is 54.5 Å². The van der Waals surface area contributed by atoms with Crippen LogP contribution in [0.15, 0.2) is 72.9 Å². The maximum absolute atomic E-state index is 13.4. The third kappa shape index (κ3) is 4.67. The van der Waals surface area contributed by atoms with E-state index in [1.165, 1.54) is 22.4 Å². The van der Waals surface area contributed by atoms with Gasteiger partial charge in [-0.1, -0.05) is 67.9 Å². The molecular formula is C27H32N2O. The summed E-state index contributed by atoms with van der Waals surface area (Å²) in [6.07, 6.45) is 5.26. The fourth-order valence-corrected chi connectivity index (χ4v) is 4.30. The van der Waals surface area contributed by atoms with Gasteiger partial charge in [0.15, 0.2) is 0 Å². The number of nitrogens with zero attached hydrogens (tertiary/aromatic N) is 2. The average molecular weight is 401 g/mol. The van der Waals surface area contributed by atoms with Gasteiger partial charge in [0, 0.05) is 30.9 Å². The molecule has 1 aliphatic rings. The molecule has 2 atom stereocenters. The van der Waals surface area contributed by atoms with Gasteiger partial charge >= 0.3 is 0 Å². The molecule has 0 N–H and O–H groups in total. The molecule has 1 heterocycles. The quantitative estimate of drug-likeness (QED) is 0.447. The van der Waals surface area contributed by atoms with Crippen LogP contribution in [-0.2, 0) is 17.9 Å². The number of rotatable bonds is 9. The second-order valence-electron chi connectivity index (χ2n) is 8.53. The molecule has 0 saturated heterocycles. The lowest BCUT2D eigenvalue weighted by molar-refractivity contribution is -0.133. The Morgan fingerprint density at radius 3 is 2.57 bits per heavy atom. The van der Waals surface area contributed by atoms with Crippen molar-refractivity contribution >= 4 is 5.91 Å². The molecule has 3 heteroatoms. The van der Waals surface area contributed by atoms with Crippen molar-refractivity contribution in [1.29, 1.82) is 0 Å². The minimum Gasteiger partial charge on any atom is -0.345 e. The zero-order valence-corrected chi connectivity index (χ0v) is 18.1. The van der Waals surface area contributed by atoms with E-state index in [0.29, 0.717) is 18.4 Å². The summed E-state index contributed by atoms with van der Waals surface area (Å²) in [5, 5.41) is 0. The number of benzene rings is 2. The van der Waals surface area contributed by atoms with Crippen molar-refractivity contribution in [3.8, 4) is 0 Å². The van der Waals surface area contributed by atoms with E-state index in [4.69, 9.17) is 0 Å². The third-order valence-corrected chi connectivity index (χ3v) is 6.31. The topological polar surface area (TPSA) is 25.2 Å². The smallest absolute Gasteiger partial charge is 0.226 e. The highest BCUT2D eigenvalue weighted by Gasteiger charge is 2.45. The molecule has 1 aromatic heterocycles. The Balaban J connectivity index is 1.47. The van der Waals surface area contributed by atoms with Gasteiger partial charge in [-0.15, -0.1) is 0 Å². The molecule has 1 aliphatic carbocycles. The van der Waals surface area contributed by atoms with Gasteiger partial charge in [-0.05, 0) is 54.5 Å². The lowest BCUT2D eigenvalue weighted by Crippen LogP contribution is -2.34. The molecule has 3 aromatic rings. The second kappa shape index (κ2) is 9.34. The average Bonchev–Trinajstić information content (AvgIpc) is 3.46. The first-order chi connectivity index (χ1) is 14.7. The van der Waals surface area contributed by atoms with Gasteiger partial charge < -0.3 is 9.47 Å². The number of aryl methyl sites for hydroxylation is 1. The molecule has 4 rings (SSSR count). The van der Waals surface area contributed by atoms with E-state index >= 15 is 0 Å². The van der Waals surface area contributed by atoms with Crippen LogP contribution in [0.3, 0.4) is 0 Å². The Hall–Kier alpha value is -2.81. The summed E-state index contributed by atoms with van der Waals surface area (Å²) < 4.78 is 2.29. The van der Waals surface area contributed by atoms with E-state index in [1.54, 1.807) is 0 Å². The van der Waals surface area contributed by atoms with Crippen LogP contribution in [0.25, 0.3) is 0 Å². The summed E-state index contributed by atoms with van der Waals surface area (Å²) in [6, 6.07) is 23.3.